The summed E-state index contributed by atoms with van der Waals surface area (Å²) in [5.74, 6) is 2.52. The molecule has 2 atom stereocenters. The standard InChI is InChI=1S/C16H25N3O2S2/c1-11-17-13(9-23-11)6-19-5-4-14(15(20)7-19)18-16(21)10-22-8-12-2-3-12/h9,12,14-15,20H,2-8,10H2,1H3,(H,18,21)/t14-,15-/m1/s1. The van der Waals surface area contributed by atoms with Crippen molar-refractivity contribution in [1.29, 1.82) is 0 Å². The van der Waals surface area contributed by atoms with Gasteiger partial charge in [-0.3, -0.25) is 9.69 Å². The third-order valence-electron chi connectivity index (χ3n) is 4.35. The maximum absolute atomic E-state index is 12.0. The molecule has 1 aliphatic carbocycles. The van der Waals surface area contributed by atoms with Gasteiger partial charge in [-0.25, -0.2) is 4.98 Å². The number of hydrogen-bond acceptors (Lipinski definition) is 6. The van der Waals surface area contributed by atoms with Crippen molar-refractivity contribution in [3.8, 4) is 0 Å². The van der Waals surface area contributed by atoms with Gasteiger partial charge < -0.3 is 10.4 Å². The molecule has 1 saturated carbocycles. The Morgan fingerprint density at radius 3 is 3.00 bits per heavy atom. The fourth-order valence-corrected chi connectivity index (χ4v) is 4.53. The Kier molecular flexibility index (Phi) is 5.96. The van der Waals surface area contributed by atoms with Gasteiger partial charge >= 0.3 is 0 Å². The van der Waals surface area contributed by atoms with Crippen molar-refractivity contribution in [3.05, 3.63) is 16.1 Å². The number of aliphatic hydroxyl groups excluding tert-OH is 1. The van der Waals surface area contributed by atoms with Crippen LogP contribution in [0.2, 0.25) is 0 Å². The molecule has 2 aliphatic rings. The third kappa shape index (κ3) is 5.45. The number of thioether (sulfide) groups is 1. The lowest BCUT2D eigenvalue weighted by molar-refractivity contribution is -0.120. The number of hydrogen-bond donors (Lipinski definition) is 2. The normalized spacial score (nSPS) is 25.5. The molecule has 2 fully saturated rings. The number of rotatable bonds is 7. The number of aryl methyl sites for hydroxylation is 1. The van der Waals surface area contributed by atoms with E-state index in [4.69, 9.17) is 0 Å². The van der Waals surface area contributed by atoms with Gasteiger partial charge in [0.2, 0.25) is 5.91 Å². The first-order valence-corrected chi connectivity index (χ1v) is 10.3. The van der Waals surface area contributed by atoms with Crippen LogP contribution in [0.3, 0.4) is 0 Å². The minimum Gasteiger partial charge on any atom is -0.390 e. The van der Waals surface area contributed by atoms with Crippen LogP contribution in [0.1, 0.15) is 30.0 Å². The Labute approximate surface area is 145 Å². The van der Waals surface area contributed by atoms with Crippen molar-refractivity contribution in [1.82, 2.24) is 15.2 Å². The van der Waals surface area contributed by atoms with Crippen LogP contribution < -0.4 is 5.32 Å². The molecule has 128 valence electrons. The second kappa shape index (κ2) is 7.96. The van der Waals surface area contributed by atoms with Crippen LogP contribution in [0, 0.1) is 12.8 Å². The Morgan fingerprint density at radius 2 is 2.35 bits per heavy atom. The number of β-amino-alcohol motifs (C(OH)–C–C–N with tert-alkyl or cyclic N) is 1. The Hall–Kier alpha value is -0.630. The highest BCUT2D eigenvalue weighted by atomic mass is 32.2. The number of nitrogens with zero attached hydrogens (tertiary/aromatic N) is 2. The van der Waals surface area contributed by atoms with Gasteiger partial charge in [-0.2, -0.15) is 11.8 Å². The largest absolute Gasteiger partial charge is 0.390 e. The van der Waals surface area contributed by atoms with Crippen LogP contribution in [0.15, 0.2) is 5.38 Å². The van der Waals surface area contributed by atoms with Crippen LogP contribution in [0.5, 0.6) is 0 Å². The molecule has 23 heavy (non-hydrogen) atoms. The van der Waals surface area contributed by atoms with Gasteiger partial charge in [0.15, 0.2) is 0 Å². The molecule has 1 aromatic heterocycles. The molecule has 1 aliphatic heterocycles. The molecular formula is C16H25N3O2S2. The van der Waals surface area contributed by atoms with Gasteiger partial charge in [-0.15, -0.1) is 11.3 Å². The summed E-state index contributed by atoms with van der Waals surface area (Å²) in [6.45, 7) is 4.26. The van der Waals surface area contributed by atoms with E-state index in [9.17, 15) is 9.90 Å². The van der Waals surface area contributed by atoms with E-state index in [0.29, 0.717) is 12.3 Å². The number of likely N-dealkylation sites (tertiary alicyclic amines) is 1. The van der Waals surface area contributed by atoms with Crippen molar-refractivity contribution < 1.29 is 9.90 Å². The predicted molar refractivity (Wildman–Crippen MR) is 94.7 cm³/mol. The number of thiazole rings is 1. The summed E-state index contributed by atoms with van der Waals surface area (Å²) < 4.78 is 0. The Morgan fingerprint density at radius 1 is 1.52 bits per heavy atom. The fraction of sp³-hybridized carbons (Fsp3) is 0.750. The van der Waals surface area contributed by atoms with Crippen LogP contribution in [0.4, 0.5) is 0 Å². The first-order chi connectivity index (χ1) is 11.1. The first-order valence-electron chi connectivity index (χ1n) is 8.28. The Balaban J connectivity index is 1.38. The number of amides is 1. The summed E-state index contributed by atoms with van der Waals surface area (Å²) >= 11 is 3.37. The molecule has 2 heterocycles. The molecule has 0 spiro atoms. The van der Waals surface area contributed by atoms with Gasteiger partial charge in [0.1, 0.15) is 0 Å². The zero-order chi connectivity index (χ0) is 16.2. The lowest BCUT2D eigenvalue weighted by atomic mass is 10.0. The van der Waals surface area contributed by atoms with Gasteiger partial charge in [0, 0.05) is 25.0 Å². The van der Waals surface area contributed by atoms with E-state index in [1.165, 1.54) is 12.8 Å². The second-order valence-electron chi connectivity index (χ2n) is 6.58. The highest BCUT2D eigenvalue weighted by Gasteiger charge is 2.29. The van der Waals surface area contributed by atoms with Crippen molar-refractivity contribution in [2.45, 2.75) is 44.9 Å². The van der Waals surface area contributed by atoms with Crippen LogP contribution >= 0.6 is 23.1 Å². The quantitative estimate of drug-likeness (QED) is 0.778. The van der Waals surface area contributed by atoms with Crippen molar-refractivity contribution >= 4 is 29.0 Å². The van der Waals surface area contributed by atoms with Gasteiger partial charge in [0.05, 0.1) is 28.6 Å². The number of carbonyl (C=O) groups is 1. The average molecular weight is 356 g/mol. The topological polar surface area (TPSA) is 65.5 Å². The minimum atomic E-state index is -0.499. The van der Waals surface area contributed by atoms with Crippen LogP contribution in [-0.2, 0) is 11.3 Å². The van der Waals surface area contributed by atoms with Crippen molar-refractivity contribution in [2.24, 2.45) is 5.92 Å². The molecule has 1 aromatic rings. The molecule has 5 nitrogen and oxygen atoms in total. The van der Waals surface area contributed by atoms with Crippen molar-refractivity contribution in [2.75, 3.05) is 24.6 Å². The molecule has 0 radical (unpaired) electrons. The third-order valence-corrected chi connectivity index (χ3v) is 6.34. The van der Waals surface area contributed by atoms with Crippen LogP contribution in [-0.4, -0.2) is 57.6 Å². The average Bonchev–Trinajstić information content (AvgIpc) is 3.24. The zero-order valence-corrected chi connectivity index (χ0v) is 15.2. The lowest BCUT2D eigenvalue weighted by Crippen LogP contribution is -2.54. The SMILES string of the molecule is Cc1nc(CN2CC[C@@H](NC(=O)CSCC3CC3)[C@H](O)C2)cs1. The van der Waals surface area contributed by atoms with E-state index in [0.717, 1.165) is 41.9 Å². The predicted octanol–water partition coefficient (Wildman–Crippen LogP) is 1.65. The van der Waals surface area contributed by atoms with E-state index >= 15 is 0 Å². The van der Waals surface area contributed by atoms with E-state index in [1.54, 1.807) is 23.1 Å². The lowest BCUT2D eigenvalue weighted by Gasteiger charge is -2.35. The maximum Gasteiger partial charge on any atom is 0.230 e. The van der Waals surface area contributed by atoms with E-state index in [1.807, 2.05) is 6.92 Å². The summed E-state index contributed by atoms with van der Waals surface area (Å²) in [6.07, 6.45) is 2.94. The van der Waals surface area contributed by atoms with Gasteiger partial charge in [-0.1, -0.05) is 0 Å². The molecular weight excluding hydrogens is 330 g/mol. The molecule has 0 unspecified atom stereocenters. The molecule has 1 saturated heterocycles. The molecule has 3 rings (SSSR count). The molecule has 0 bridgehead atoms. The van der Waals surface area contributed by atoms with Gasteiger partial charge in [0.25, 0.3) is 0 Å². The van der Waals surface area contributed by atoms with Crippen molar-refractivity contribution in [3.63, 3.8) is 0 Å². The minimum absolute atomic E-state index is 0.0586. The number of aliphatic hydroxyl groups is 1. The highest BCUT2D eigenvalue weighted by Crippen LogP contribution is 2.32. The Bertz CT molecular complexity index is 533. The summed E-state index contributed by atoms with van der Waals surface area (Å²) in [4.78, 5) is 18.7. The maximum atomic E-state index is 12.0. The molecule has 0 aromatic carbocycles. The van der Waals surface area contributed by atoms with Gasteiger partial charge in [-0.05, 0) is 37.9 Å². The number of nitrogens with one attached hydrogen (secondary N) is 1. The van der Waals surface area contributed by atoms with E-state index in [2.05, 4.69) is 20.6 Å². The summed E-state index contributed by atoms with van der Waals surface area (Å²) in [5.41, 5.74) is 1.07. The molecule has 7 heteroatoms. The fourth-order valence-electron chi connectivity index (χ4n) is 2.87. The molecule has 1 amide bonds. The van der Waals surface area contributed by atoms with E-state index < -0.39 is 6.10 Å². The monoisotopic (exact) mass is 355 g/mol. The smallest absolute Gasteiger partial charge is 0.230 e. The summed E-state index contributed by atoms with van der Waals surface area (Å²) in [5, 5.41) is 16.5. The number of carbonyl (C=O) groups excluding carboxylic acids is 1. The summed E-state index contributed by atoms with van der Waals surface area (Å²) in [7, 11) is 0. The van der Waals surface area contributed by atoms with Crippen LogP contribution in [0.25, 0.3) is 0 Å². The number of piperidine rings is 1. The first kappa shape index (κ1) is 17.2. The number of aromatic nitrogens is 1. The molecule has 2 N–H and O–H groups in total. The highest BCUT2D eigenvalue weighted by molar-refractivity contribution is 7.99. The summed E-state index contributed by atoms with van der Waals surface area (Å²) in [6, 6.07) is -0.113. The van der Waals surface area contributed by atoms with E-state index in [-0.39, 0.29) is 11.9 Å². The second-order valence-corrected chi connectivity index (χ2v) is 8.67. The zero-order valence-electron chi connectivity index (χ0n) is 13.5.